The number of rotatable bonds is 1. The Morgan fingerprint density at radius 3 is 3.00 bits per heavy atom. The van der Waals surface area contributed by atoms with Gasteiger partial charge in [0.2, 0.25) is 0 Å². The van der Waals surface area contributed by atoms with Crippen LogP contribution in [0.3, 0.4) is 0 Å². The van der Waals surface area contributed by atoms with E-state index in [9.17, 15) is 4.79 Å². The molecule has 0 spiro atoms. The van der Waals surface area contributed by atoms with E-state index >= 15 is 0 Å². The molecule has 1 amide bonds. The number of amides is 1. The molecule has 1 atom stereocenters. The molecule has 1 N–H and O–H groups in total. The second-order valence-electron chi connectivity index (χ2n) is 2.98. The molecule has 0 radical (unpaired) electrons. The lowest BCUT2D eigenvalue weighted by Crippen LogP contribution is -2.42. The average Bonchev–Trinajstić information content (AvgIpc) is 2.18. The van der Waals surface area contributed by atoms with E-state index < -0.39 is 0 Å². The van der Waals surface area contributed by atoms with Crippen LogP contribution in [0.1, 0.15) is 23.7 Å². The average molecular weight is 177 g/mol. The molecule has 13 heavy (non-hydrogen) atoms. The fourth-order valence-electron chi connectivity index (χ4n) is 1.35. The van der Waals surface area contributed by atoms with Crippen molar-refractivity contribution in [3.8, 4) is 5.75 Å². The number of nitrogens with one attached hydrogen (secondary N) is 1. The molecule has 1 aromatic rings. The lowest BCUT2D eigenvalue weighted by Gasteiger charge is -2.25. The first-order valence-corrected chi connectivity index (χ1v) is 4.38. The number of benzene rings is 1. The van der Waals surface area contributed by atoms with Crippen LogP contribution in [0.25, 0.3) is 0 Å². The van der Waals surface area contributed by atoms with Gasteiger partial charge in [-0.2, -0.15) is 0 Å². The van der Waals surface area contributed by atoms with Crippen LogP contribution in [-0.4, -0.2) is 12.1 Å². The molecule has 3 nitrogen and oxygen atoms in total. The predicted octanol–water partition coefficient (Wildman–Crippen LogP) is 1.54. The molecule has 1 heterocycles. The summed E-state index contributed by atoms with van der Waals surface area (Å²) in [7, 11) is 0. The smallest absolute Gasteiger partial charge is 0.257 e. The Labute approximate surface area is 76.7 Å². The summed E-state index contributed by atoms with van der Waals surface area (Å²) >= 11 is 0. The maximum Gasteiger partial charge on any atom is 0.257 e. The van der Waals surface area contributed by atoms with Crippen LogP contribution in [0.5, 0.6) is 5.75 Å². The zero-order valence-corrected chi connectivity index (χ0v) is 7.41. The molecule has 1 aromatic carbocycles. The first-order chi connectivity index (χ1) is 6.31. The van der Waals surface area contributed by atoms with Gasteiger partial charge in [0.05, 0.1) is 5.56 Å². The van der Waals surface area contributed by atoms with E-state index in [0.717, 1.165) is 6.42 Å². The van der Waals surface area contributed by atoms with Crippen LogP contribution < -0.4 is 10.1 Å². The van der Waals surface area contributed by atoms with Crippen LogP contribution in [0, 0.1) is 0 Å². The number of carbonyl (C=O) groups is 1. The Balaban J connectivity index is 2.37. The van der Waals surface area contributed by atoms with Gasteiger partial charge < -0.3 is 10.1 Å². The highest BCUT2D eigenvalue weighted by molar-refractivity contribution is 5.97. The van der Waals surface area contributed by atoms with Crippen molar-refractivity contribution in [2.24, 2.45) is 0 Å². The first kappa shape index (κ1) is 8.10. The highest BCUT2D eigenvalue weighted by Gasteiger charge is 2.22. The second kappa shape index (κ2) is 3.09. The van der Waals surface area contributed by atoms with Gasteiger partial charge in [-0.25, -0.2) is 0 Å². The minimum atomic E-state index is -0.178. The van der Waals surface area contributed by atoms with Crippen LogP contribution in [0.15, 0.2) is 24.3 Å². The number of ether oxygens (including phenoxy) is 1. The van der Waals surface area contributed by atoms with Gasteiger partial charge in [0.15, 0.2) is 6.23 Å². The molecule has 0 saturated carbocycles. The fourth-order valence-corrected chi connectivity index (χ4v) is 1.35. The molecule has 0 aromatic heterocycles. The summed E-state index contributed by atoms with van der Waals surface area (Å²) in [6.07, 6.45) is 0.600. The molecule has 0 saturated heterocycles. The molecule has 1 unspecified atom stereocenters. The van der Waals surface area contributed by atoms with Gasteiger partial charge in [0.25, 0.3) is 5.91 Å². The number of carbonyl (C=O) groups excluding carboxylic acids is 1. The van der Waals surface area contributed by atoms with Crippen molar-refractivity contribution in [2.75, 3.05) is 0 Å². The maximum atomic E-state index is 11.5. The third-order valence-electron chi connectivity index (χ3n) is 2.06. The lowest BCUT2D eigenvalue weighted by molar-refractivity contribution is 0.0750. The topological polar surface area (TPSA) is 38.3 Å². The molecule has 68 valence electrons. The van der Waals surface area contributed by atoms with Crippen LogP contribution in [0.4, 0.5) is 0 Å². The van der Waals surface area contributed by atoms with Gasteiger partial charge in [-0.05, 0) is 12.1 Å². The van der Waals surface area contributed by atoms with E-state index in [0.29, 0.717) is 11.3 Å². The summed E-state index contributed by atoms with van der Waals surface area (Å²) in [4.78, 5) is 11.5. The van der Waals surface area contributed by atoms with Gasteiger partial charge in [-0.15, -0.1) is 0 Å². The van der Waals surface area contributed by atoms with Crippen molar-refractivity contribution < 1.29 is 9.53 Å². The Kier molecular flexibility index (Phi) is 1.93. The largest absolute Gasteiger partial charge is 0.470 e. The van der Waals surface area contributed by atoms with E-state index in [1.807, 2.05) is 25.1 Å². The van der Waals surface area contributed by atoms with Gasteiger partial charge >= 0.3 is 0 Å². The minimum absolute atomic E-state index is 0.0475. The van der Waals surface area contributed by atoms with Gasteiger partial charge in [-0.1, -0.05) is 19.1 Å². The van der Waals surface area contributed by atoms with E-state index in [4.69, 9.17) is 4.74 Å². The summed E-state index contributed by atoms with van der Waals surface area (Å²) < 4.78 is 5.52. The maximum absolute atomic E-state index is 11.5. The van der Waals surface area contributed by atoms with Crippen molar-refractivity contribution in [2.45, 2.75) is 19.6 Å². The van der Waals surface area contributed by atoms with Crippen LogP contribution in [-0.2, 0) is 0 Å². The third kappa shape index (κ3) is 1.37. The fraction of sp³-hybridized carbons (Fsp3) is 0.300. The third-order valence-corrected chi connectivity index (χ3v) is 2.06. The van der Waals surface area contributed by atoms with Crippen molar-refractivity contribution in [1.29, 1.82) is 0 Å². The lowest BCUT2D eigenvalue weighted by atomic mass is 10.1. The second-order valence-corrected chi connectivity index (χ2v) is 2.98. The van der Waals surface area contributed by atoms with Gasteiger partial charge in [0.1, 0.15) is 5.75 Å². The molecule has 2 rings (SSSR count). The Morgan fingerprint density at radius 2 is 2.23 bits per heavy atom. The molecule has 0 aliphatic carbocycles. The van der Waals surface area contributed by atoms with Crippen LogP contribution in [0.2, 0.25) is 0 Å². The number of fused-ring (bicyclic) bond motifs is 1. The van der Waals surface area contributed by atoms with Gasteiger partial charge in [-0.3, -0.25) is 4.79 Å². The highest BCUT2D eigenvalue weighted by Crippen LogP contribution is 2.22. The number of hydrogen-bond donors (Lipinski definition) is 1. The Bertz CT molecular complexity index is 335. The summed E-state index contributed by atoms with van der Waals surface area (Å²) in [6.45, 7) is 1.97. The van der Waals surface area contributed by atoms with Crippen molar-refractivity contribution >= 4 is 5.91 Å². The summed E-state index contributed by atoms with van der Waals surface area (Å²) in [5, 5.41) is 2.76. The standard InChI is InChI=1S/C10H11NO2/c1-2-9-11-10(12)7-5-3-4-6-8(7)13-9/h3-6,9H,2H2,1H3,(H,11,12). The Hall–Kier alpha value is -1.51. The number of para-hydroxylation sites is 1. The van der Waals surface area contributed by atoms with Crippen molar-refractivity contribution in [3.05, 3.63) is 29.8 Å². The summed E-state index contributed by atoms with van der Waals surface area (Å²) in [5.74, 6) is 0.631. The quantitative estimate of drug-likeness (QED) is 0.706. The Morgan fingerprint density at radius 1 is 1.46 bits per heavy atom. The van der Waals surface area contributed by atoms with Crippen molar-refractivity contribution in [3.63, 3.8) is 0 Å². The molecular weight excluding hydrogens is 166 g/mol. The highest BCUT2D eigenvalue weighted by atomic mass is 16.5. The van der Waals surface area contributed by atoms with E-state index in [2.05, 4.69) is 5.32 Å². The monoisotopic (exact) mass is 177 g/mol. The first-order valence-electron chi connectivity index (χ1n) is 4.38. The molecule has 0 fully saturated rings. The van der Waals surface area contributed by atoms with E-state index in [1.165, 1.54) is 0 Å². The molecule has 1 aliphatic heterocycles. The van der Waals surface area contributed by atoms with Crippen LogP contribution >= 0.6 is 0 Å². The zero-order chi connectivity index (χ0) is 9.26. The number of hydrogen-bond acceptors (Lipinski definition) is 2. The normalized spacial score (nSPS) is 20.1. The van der Waals surface area contributed by atoms with Gasteiger partial charge in [0, 0.05) is 6.42 Å². The molecule has 3 heteroatoms. The molecule has 0 bridgehead atoms. The minimum Gasteiger partial charge on any atom is -0.470 e. The predicted molar refractivity (Wildman–Crippen MR) is 48.6 cm³/mol. The molecule has 1 aliphatic rings. The molecular formula is C10H11NO2. The summed E-state index contributed by atoms with van der Waals surface area (Å²) in [6, 6.07) is 7.27. The van der Waals surface area contributed by atoms with E-state index in [-0.39, 0.29) is 12.1 Å². The summed E-state index contributed by atoms with van der Waals surface area (Å²) in [5.41, 5.74) is 0.618. The van der Waals surface area contributed by atoms with E-state index in [1.54, 1.807) is 6.07 Å². The zero-order valence-electron chi connectivity index (χ0n) is 7.41. The van der Waals surface area contributed by atoms with Crippen molar-refractivity contribution in [1.82, 2.24) is 5.32 Å². The SMILES string of the molecule is CCC1NC(=O)c2ccccc2O1.